The molecule has 1 aromatic rings. The summed E-state index contributed by atoms with van der Waals surface area (Å²) in [7, 11) is 0. The number of phenolic OH excluding ortho intramolecular Hbond substituents is 1. The second-order valence-corrected chi connectivity index (χ2v) is 3.00. The van der Waals surface area contributed by atoms with Crippen molar-refractivity contribution >= 4 is 0 Å². The van der Waals surface area contributed by atoms with Crippen LogP contribution in [0.5, 0.6) is 5.75 Å². The Hall–Kier alpha value is -1.23. The zero-order valence-corrected chi connectivity index (χ0v) is 7.39. The van der Waals surface area contributed by atoms with Gasteiger partial charge in [-0.25, -0.2) is 13.2 Å². The average Bonchev–Trinajstić information content (AvgIpc) is 2.15. The lowest BCUT2D eigenvalue weighted by atomic mass is 10.00. The molecule has 14 heavy (non-hydrogen) atoms. The zero-order valence-electron chi connectivity index (χ0n) is 7.39. The Kier molecular flexibility index (Phi) is 3.00. The lowest BCUT2D eigenvalue weighted by Crippen LogP contribution is -2.05. The Morgan fingerprint density at radius 2 is 1.86 bits per heavy atom. The van der Waals surface area contributed by atoms with Gasteiger partial charge in [0.25, 0.3) is 0 Å². The molecule has 2 nitrogen and oxygen atoms in total. The van der Waals surface area contributed by atoms with Crippen LogP contribution < -0.4 is 0 Å². The van der Waals surface area contributed by atoms with Crippen LogP contribution in [-0.4, -0.2) is 16.8 Å². The molecular formula is C9H9F3O2. The van der Waals surface area contributed by atoms with E-state index in [1.165, 1.54) is 6.92 Å². The van der Waals surface area contributed by atoms with E-state index in [-0.39, 0.29) is 6.07 Å². The van der Waals surface area contributed by atoms with Crippen LogP contribution in [0.2, 0.25) is 0 Å². The van der Waals surface area contributed by atoms with Crippen molar-refractivity contribution in [2.24, 2.45) is 0 Å². The highest BCUT2D eigenvalue weighted by Crippen LogP contribution is 2.32. The number of hydrogen-bond donors (Lipinski definition) is 2. The summed E-state index contributed by atoms with van der Waals surface area (Å²) in [5.74, 6) is -5.76. The van der Waals surface area contributed by atoms with Gasteiger partial charge in [0.1, 0.15) is 0 Å². The quantitative estimate of drug-likeness (QED) is 0.725. The van der Waals surface area contributed by atoms with E-state index in [0.29, 0.717) is 0 Å². The van der Waals surface area contributed by atoms with Gasteiger partial charge in [-0.3, -0.25) is 0 Å². The first-order valence-corrected chi connectivity index (χ1v) is 3.96. The molecule has 78 valence electrons. The average molecular weight is 206 g/mol. The molecule has 0 aliphatic heterocycles. The third-order valence-corrected chi connectivity index (χ3v) is 1.95. The first-order valence-electron chi connectivity index (χ1n) is 3.96. The van der Waals surface area contributed by atoms with Crippen LogP contribution in [0.3, 0.4) is 0 Å². The Balaban J connectivity index is 3.39. The molecule has 0 spiro atoms. The van der Waals surface area contributed by atoms with Crippen LogP contribution in [0.15, 0.2) is 6.07 Å². The number of hydrogen-bond acceptors (Lipinski definition) is 2. The number of rotatable bonds is 2. The van der Waals surface area contributed by atoms with Gasteiger partial charge in [-0.15, -0.1) is 0 Å². The third-order valence-electron chi connectivity index (χ3n) is 1.95. The van der Waals surface area contributed by atoms with Crippen molar-refractivity contribution in [1.29, 1.82) is 0 Å². The maximum atomic E-state index is 13.1. The molecule has 0 bridgehead atoms. The molecule has 5 heteroatoms. The van der Waals surface area contributed by atoms with Crippen LogP contribution in [-0.2, 0) is 0 Å². The van der Waals surface area contributed by atoms with E-state index in [0.717, 1.165) is 0 Å². The predicted octanol–water partition coefficient (Wildman–Crippen LogP) is 1.91. The fourth-order valence-corrected chi connectivity index (χ4v) is 1.15. The molecule has 0 saturated heterocycles. The summed E-state index contributed by atoms with van der Waals surface area (Å²) >= 11 is 0. The number of aliphatic hydroxyl groups is 1. The van der Waals surface area contributed by atoms with Gasteiger partial charge >= 0.3 is 0 Å². The summed E-state index contributed by atoms with van der Waals surface area (Å²) in [6.07, 6.45) is 0. The minimum atomic E-state index is -1.38. The molecule has 0 radical (unpaired) electrons. The summed E-state index contributed by atoms with van der Waals surface area (Å²) in [6.45, 7) is 0.838. The maximum absolute atomic E-state index is 13.1. The van der Waals surface area contributed by atoms with Gasteiger partial charge in [-0.2, -0.15) is 0 Å². The SMILES string of the molecule is CC(CO)c1c(O)c(F)cc(F)c1F. The first kappa shape index (κ1) is 10.8. The van der Waals surface area contributed by atoms with Crippen LogP contribution in [0.25, 0.3) is 0 Å². The zero-order chi connectivity index (χ0) is 10.9. The van der Waals surface area contributed by atoms with E-state index in [1.54, 1.807) is 0 Å². The van der Waals surface area contributed by atoms with Gasteiger partial charge in [0, 0.05) is 24.2 Å². The smallest absolute Gasteiger partial charge is 0.168 e. The van der Waals surface area contributed by atoms with Crippen molar-refractivity contribution < 1.29 is 23.4 Å². The number of aromatic hydroxyl groups is 1. The fraction of sp³-hybridized carbons (Fsp3) is 0.333. The van der Waals surface area contributed by atoms with Gasteiger partial charge in [-0.05, 0) is 0 Å². The highest BCUT2D eigenvalue weighted by atomic mass is 19.2. The standard InChI is InChI=1S/C9H9F3O2/c1-4(3-13)7-8(12)5(10)2-6(11)9(7)14/h2,4,13-14H,3H2,1H3. The second-order valence-electron chi connectivity index (χ2n) is 3.00. The van der Waals surface area contributed by atoms with Crippen molar-refractivity contribution in [2.75, 3.05) is 6.61 Å². The lowest BCUT2D eigenvalue weighted by molar-refractivity contribution is 0.264. The van der Waals surface area contributed by atoms with Crippen LogP contribution >= 0.6 is 0 Å². The number of aliphatic hydroxyl groups excluding tert-OH is 1. The van der Waals surface area contributed by atoms with E-state index in [9.17, 15) is 13.2 Å². The van der Waals surface area contributed by atoms with Crippen molar-refractivity contribution in [3.05, 3.63) is 29.1 Å². The summed E-state index contributed by atoms with van der Waals surface area (Å²) < 4.78 is 38.6. The second kappa shape index (κ2) is 3.88. The summed E-state index contributed by atoms with van der Waals surface area (Å²) in [5, 5.41) is 17.8. The van der Waals surface area contributed by atoms with Crippen molar-refractivity contribution in [3.8, 4) is 5.75 Å². The summed E-state index contributed by atoms with van der Waals surface area (Å²) in [6, 6.07) is 0.262. The minimum Gasteiger partial charge on any atom is -0.505 e. The molecule has 0 aromatic heterocycles. The van der Waals surface area contributed by atoms with Gasteiger partial charge in [0.2, 0.25) is 0 Å². The Labute approximate surface area is 78.6 Å². The molecule has 0 heterocycles. The molecule has 0 saturated carbocycles. The lowest BCUT2D eigenvalue weighted by Gasteiger charge is -2.12. The molecule has 2 N–H and O–H groups in total. The van der Waals surface area contributed by atoms with Crippen LogP contribution in [0.1, 0.15) is 18.4 Å². The largest absolute Gasteiger partial charge is 0.505 e. The summed E-state index contributed by atoms with van der Waals surface area (Å²) in [5.41, 5.74) is -0.537. The summed E-state index contributed by atoms with van der Waals surface area (Å²) in [4.78, 5) is 0. The molecule has 1 unspecified atom stereocenters. The van der Waals surface area contributed by atoms with Crippen LogP contribution in [0.4, 0.5) is 13.2 Å². The minimum absolute atomic E-state index is 0.262. The molecule has 0 fully saturated rings. The molecular weight excluding hydrogens is 197 g/mol. The maximum Gasteiger partial charge on any atom is 0.168 e. The highest BCUT2D eigenvalue weighted by molar-refractivity contribution is 5.38. The van der Waals surface area contributed by atoms with Gasteiger partial charge in [0.05, 0.1) is 0 Å². The molecule has 1 aromatic carbocycles. The molecule has 0 aliphatic carbocycles. The van der Waals surface area contributed by atoms with Crippen LogP contribution in [0, 0.1) is 17.5 Å². The van der Waals surface area contributed by atoms with Crippen molar-refractivity contribution in [3.63, 3.8) is 0 Å². The van der Waals surface area contributed by atoms with E-state index in [4.69, 9.17) is 10.2 Å². The fourth-order valence-electron chi connectivity index (χ4n) is 1.15. The predicted molar refractivity (Wildman–Crippen MR) is 43.5 cm³/mol. The Morgan fingerprint density at radius 3 is 2.36 bits per heavy atom. The first-order chi connectivity index (χ1) is 6.49. The van der Waals surface area contributed by atoms with Gasteiger partial charge < -0.3 is 10.2 Å². The molecule has 1 rings (SSSR count). The number of benzene rings is 1. The molecule has 1 atom stereocenters. The van der Waals surface area contributed by atoms with E-state index < -0.39 is 41.3 Å². The van der Waals surface area contributed by atoms with Gasteiger partial charge in [0.15, 0.2) is 23.2 Å². The number of phenols is 1. The number of halogens is 3. The topological polar surface area (TPSA) is 40.5 Å². The van der Waals surface area contributed by atoms with E-state index >= 15 is 0 Å². The van der Waals surface area contributed by atoms with E-state index in [1.807, 2.05) is 0 Å². The van der Waals surface area contributed by atoms with Crippen molar-refractivity contribution in [2.45, 2.75) is 12.8 Å². The highest BCUT2D eigenvalue weighted by Gasteiger charge is 2.22. The monoisotopic (exact) mass is 206 g/mol. The Bertz CT molecular complexity index is 326. The third kappa shape index (κ3) is 1.68. The Morgan fingerprint density at radius 1 is 1.29 bits per heavy atom. The van der Waals surface area contributed by atoms with Crippen molar-refractivity contribution in [1.82, 2.24) is 0 Å². The molecule has 0 amide bonds. The normalized spacial score (nSPS) is 12.9. The van der Waals surface area contributed by atoms with Gasteiger partial charge in [-0.1, -0.05) is 6.92 Å². The molecule has 0 aliphatic rings. The van der Waals surface area contributed by atoms with E-state index in [2.05, 4.69) is 0 Å².